The van der Waals surface area contributed by atoms with Gasteiger partial charge in [-0.3, -0.25) is 4.99 Å². The quantitative estimate of drug-likeness (QED) is 0.702. The number of nitrogen functional groups attached to an aromatic ring is 1. The van der Waals surface area contributed by atoms with Gasteiger partial charge in [0.05, 0.1) is 16.7 Å². The Morgan fingerprint density at radius 3 is 2.50 bits per heavy atom. The molecule has 1 aromatic carbocycles. The number of anilines is 2. The van der Waals surface area contributed by atoms with Gasteiger partial charge in [0.1, 0.15) is 0 Å². The van der Waals surface area contributed by atoms with Crippen molar-refractivity contribution in [3.63, 3.8) is 0 Å². The molecule has 86 valence electrons. The molecule has 4 nitrogen and oxygen atoms in total. The van der Waals surface area contributed by atoms with E-state index in [2.05, 4.69) is 42.0 Å². The molecule has 0 aliphatic carbocycles. The maximum absolute atomic E-state index is 6.01. The Morgan fingerprint density at radius 1 is 1.19 bits per heavy atom. The number of nitrogens with zero attached hydrogens (tertiary/aromatic N) is 3. The Labute approximate surface area is 95.7 Å². The normalized spacial score (nSPS) is 12.5. The maximum atomic E-state index is 6.01. The number of nitrogens with two attached hydrogens (primary N) is 1. The first-order valence-electron chi connectivity index (χ1n) is 5.41. The van der Waals surface area contributed by atoms with Crippen LogP contribution in [0.5, 0.6) is 0 Å². The van der Waals surface area contributed by atoms with Crippen LogP contribution >= 0.6 is 0 Å². The van der Waals surface area contributed by atoms with Crippen molar-refractivity contribution in [1.29, 1.82) is 0 Å². The fraction of sp³-hybridized carbons (Fsp3) is 0.417. The van der Waals surface area contributed by atoms with Crippen molar-refractivity contribution in [2.45, 2.75) is 0 Å². The molecule has 0 bridgehead atoms. The number of hydrogen-bond donors (Lipinski definition) is 1. The molecule has 0 saturated heterocycles. The van der Waals surface area contributed by atoms with Gasteiger partial charge in [-0.25, -0.2) is 0 Å². The molecule has 0 radical (unpaired) electrons. The maximum Gasteiger partial charge on any atom is 0.0739 e. The van der Waals surface area contributed by atoms with E-state index in [4.69, 9.17) is 5.73 Å². The Balaban J connectivity index is 2.18. The lowest BCUT2D eigenvalue weighted by molar-refractivity contribution is 0.416. The average molecular weight is 218 g/mol. The van der Waals surface area contributed by atoms with E-state index >= 15 is 0 Å². The highest BCUT2D eigenvalue weighted by Gasteiger charge is 2.08. The summed E-state index contributed by atoms with van der Waals surface area (Å²) in [6.45, 7) is 1.97. The second-order valence-electron chi connectivity index (χ2n) is 4.45. The SMILES string of the molecule is CN(C)CCN(C)c1cc2c(cc1N)=CN=2. The molecular weight excluding hydrogens is 200 g/mol. The predicted molar refractivity (Wildman–Crippen MR) is 67.9 cm³/mol. The molecule has 1 heterocycles. The van der Waals surface area contributed by atoms with Gasteiger partial charge in [0, 0.05) is 31.6 Å². The standard InChI is InChI=1S/C12H18N4/c1-15(2)4-5-16(3)12-7-11-9(8-14-11)6-10(12)13/h6-8H,4-5,13H2,1-3H3. The zero-order chi connectivity index (χ0) is 11.7. The van der Waals surface area contributed by atoms with E-state index in [0.29, 0.717) is 0 Å². The van der Waals surface area contributed by atoms with Gasteiger partial charge < -0.3 is 15.5 Å². The van der Waals surface area contributed by atoms with Crippen molar-refractivity contribution in [3.8, 4) is 0 Å². The summed E-state index contributed by atoms with van der Waals surface area (Å²) in [5.41, 5.74) is 7.91. The Bertz CT molecular complexity index is 504. The minimum atomic E-state index is 0.825. The molecule has 1 aliphatic rings. The van der Waals surface area contributed by atoms with Crippen LogP contribution in [-0.4, -0.2) is 39.1 Å². The van der Waals surface area contributed by atoms with Gasteiger partial charge in [0.25, 0.3) is 0 Å². The largest absolute Gasteiger partial charge is 0.397 e. The molecule has 2 N–H and O–H groups in total. The molecular formula is C12H18N4. The molecule has 0 atom stereocenters. The smallest absolute Gasteiger partial charge is 0.0739 e. The summed E-state index contributed by atoms with van der Waals surface area (Å²) in [5.74, 6) is 0. The molecule has 0 unspecified atom stereocenters. The van der Waals surface area contributed by atoms with E-state index in [9.17, 15) is 0 Å². The van der Waals surface area contributed by atoms with E-state index in [1.165, 1.54) is 0 Å². The highest BCUT2D eigenvalue weighted by molar-refractivity contribution is 5.68. The molecule has 0 aromatic heterocycles. The lowest BCUT2D eigenvalue weighted by atomic mass is 10.2. The predicted octanol–water partition coefficient (Wildman–Crippen LogP) is -0.362. The van der Waals surface area contributed by atoms with Crippen LogP contribution in [0.3, 0.4) is 0 Å². The van der Waals surface area contributed by atoms with E-state index in [-0.39, 0.29) is 0 Å². The van der Waals surface area contributed by atoms with Crippen molar-refractivity contribution in [3.05, 3.63) is 22.7 Å². The second-order valence-corrected chi connectivity index (χ2v) is 4.45. The number of fused-ring (bicyclic) bond motifs is 1. The summed E-state index contributed by atoms with van der Waals surface area (Å²) in [6.07, 6.45) is 1.84. The highest BCUT2D eigenvalue weighted by atomic mass is 15.2. The van der Waals surface area contributed by atoms with Crippen LogP contribution in [0.25, 0.3) is 6.20 Å². The van der Waals surface area contributed by atoms with E-state index < -0.39 is 0 Å². The van der Waals surface area contributed by atoms with Crippen LogP contribution in [0.1, 0.15) is 0 Å². The van der Waals surface area contributed by atoms with Crippen LogP contribution in [0.15, 0.2) is 17.1 Å². The first kappa shape index (κ1) is 11.0. The molecule has 1 aromatic rings. The van der Waals surface area contributed by atoms with Crippen LogP contribution in [0, 0.1) is 0 Å². The number of benzene rings is 1. The number of rotatable bonds is 4. The van der Waals surface area contributed by atoms with Gasteiger partial charge in [-0.15, -0.1) is 0 Å². The molecule has 16 heavy (non-hydrogen) atoms. The molecule has 2 rings (SSSR count). The fourth-order valence-corrected chi connectivity index (χ4v) is 1.70. The van der Waals surface area contributed by atoms with Crippen LogP contribution in [0.4, 0.5) is 11.4 Å². The van der Waals surface area contributed by atoms with E-state index in [0.717, 1.165) is 35.0 Å². The Hall–Kier alpha value is -1.55. The van der Waals surface area contributed by atoms with Crippen LogP contribution < -0.4 is 21.2 Å². The second kappa shape index (κ2) is 4.14. The van der Waals surface area contributed by atoms with Crippen LogP contribution in [-0.2, 0) is 0 Å². The van der Waals surface area contributed by atoms with Crippen molar-refractivity contribution < 1.29 is 0 Å². The first-order valence-corrected chi connectivity index (χ1v) is 5.41. The molecule has 0 saturated carbocycles. The summed E-state index contributed by atoms with van der Waals surface area (Å²) in [5, 5.41) is 2.18. The first-order chi connectivity index (χ1) is 7.58. The minimum absolute atomic E-state index is 0.825. The summed E-state index contributed by atoms with van der Waals surface area (Å²) in [7, 11) is 6.20. The monoisotopic (exact) mass is 218 g/mol. The summed E-state index contributed by atoms with van der Waals surface area (Å²) in [6, 6.07) is 4.05. The van der Waals surface area contributed by atoms with Gasteiger partial charge in [-0.05, 0) is 26.2 Å². The molecule has 0 spiro atoms. The number of likely N-dealkylation sites (N-methyl/N-ethyl adjacent to an activating group) is 2. The number of hydrogen-bond acceptors (Lipinski definition) is 4. The van der Waals surface area contributed by atoms with Gasteiger partial charge in [0.15, 0.2) is 0 Å². The zero-order valence-electron chi connectivity index (χ0n) is 10.1. The lowest BCUT2D eigenvalue weighted by Gasteiger charge is -2.23. The molecule has 4 heteroatoms. The third kappa shape index (κ3) is 2.02. The van der Waals surface area contributed by atoms with E-state index in [1.807, 2.05) is 12.3 Å². The summed E-state index contributed by atoms with van der Waals surface area (Å²) in [4.78, 5) is 8.52. The molecule has 1 aliphatic heterocycles. The summed E-state index contributed by atoms with van der Waals surface area (Å²) >= 11 is 0. The van der Waals surface area contributed by atoms with Gasteiger partial charge >= 0.3 is 0 Å². The molecule has 0 amide bonds. The fourth-order valence-electron chi connectivity index (χ4n) is 1.70. The zero-order valence-corrected chi connectivity index (χ0v) is 10.1. The third-order valence-corrected chi connectivity index (χ3v) is 2.81. The van der Waals surface area contributed by atoms with Crippen molar-refractivity contribution in [2.75, 3.05) is 44.9 Å². The van der Waals surface area contributed by atoms with Crippen molar-refractivity contribution in [1.82, 2.24) is 4.90 Å². The van der Waals surface area contributed by atoms with Gasteiger partial charge in [0.2, 0.25) is 0 Å². The Morgan fingerprint density at radius 2 is 1.94 bits per heavy atom. The average Bonchev–Trinajstić information content (AvgIpc) is 2.20. The van der Waals surface area contributed by atoms with Crippen LogP contribution in [0.2, 0.25) is 0 Å². The van der Waals surface area contributed by atoms with E-state index in [1.54, 1.807) is 0 Å². The lowest BCUT2D eigenvalue weighted by Crippen LogP contribution is -2.35. The minimum Gasteiger partial charge on any atom is -0.397 e. The van der Waals surface area contributed by atoms with Gasteiger partial charge in [-0.2, -0.15) is 0 Å². The third-order valence-electron chi connectivity index (χ3n) is 2.81. The van der Waals surface area contributed by atoms with Crippen molar-refractivity contribution in [2.24, 2.45) is 4.99 Å². The van der Waals surface area contributed by atoms with Crippen molar-refractivity contribution >= 4 is 17.6 Å². The highest BCUT2D eigenvalue weighted by Crippen LogP contribution is 2.18. The molecule has 0 fully saturated rings. The topological polar surface area (TPSA) is 44.9 Å². The Kier molecular flexibility index (Phi) is 2.83. The summed E-state index contributed by atoms with van der Waals surface area (Å²) < 4.78 is 0. The van der Waals surface area contributed by atoms with Gasteiger partial charge in [-0.1, -0.05) is 0 Å².